The molecule has 20 heavy (non-hydrogen) atoms. The van der Waals surface area contributed by atoms with Crippen molar-refractivity contribution in [2.24, 2.45) is 0 Å². The van der Waals surface area contributed by atoms with Crippen LogP contribution in [0.5, 0.6) is 0 Å². The molecule has 104 valence electrons. The molecule has 0 spiro atoms. The van der Waals surface area contributed by atoms with Crippen LogP contribution in [0.15, 0.2) is 53.1 Å². The average Bonchev–Trinajstić information content (AvgIpc) is 3.17. The SMILES string of the molecule is O=C(CCN1CC[C@@H](c2ccccc2)C1)c1ccco1. The second-order valence-corrected chi connectivity index (χ2v) is 5.35. The number of carbonyl (C=O) groups excluding carboxylic acids is 1. The van der Waals surface area contributed by atoms with Crippen LogP contribution in [0.4, 0.5) is 0 Å². The molecule has 0 N–H and O–H groups in total. The van der Waals surface area contributed by atoms with Crippen LogP contribution < -0.4 is 0 Å². The summed E-state index contributed by atoms with van der Waals surface area (Å²) in [6, 6.07) is 14.1. The van der Waals surface area contributed by atoms with Gasteiger partial charge in [-0.25, -0.2) is 0 Å². The number of likely N-dealkylation sites (tertiary alicyclic amines) is 1. The van der Waals surface area contributed by atoms with Gasteiger partial charge >= 0.3 is 0 Å². The third-order valence-corrected chi connectivity index (χ3v) is 3.99. The normalized spacial score (nSPS) is 19.3. The van der Waals surface area contributed by atoms with Gasteiger partial charge in [-0.2, -0.15) is 0 Å². The van der Waals surface area contributed by atoms with Gasteiger partial charge in [-0.05, 0) is 36.6 Å². The summed E-state index contributed by atoms with van der Waals surface area (Å²) in [4.78, 5) is 14.3. The molecule has 1 aromatic heterocycles. The number of hydrogen-bond donors (Lipinski definition) is 0. The van der Waals surface area contributed by atoms with Crippen LogP contribution in [0.2, 0.25) is 0 Å². The molecular weight excluding hydrogens is 250 g/mol. The van der Waals surface area contributed by atoms with Crippen molar-refractivity contribution >= 4 is 5.78 Å². The Morgan fingerprint density at radius 1 is 1.20 bits per heavy atom. The van der Waals surface area contributed by atoms with Crippen LogP contribution in [0, 0.1) is 0 Å². The van der Waals surface area contributed by atoms with Crippen molar-refractivity contribution in [2.45, 2.75) is 18.8 Å². The molecule has 1 fully saturated rings. The van der Waals surface area contributed by atoms with E-state index in [1.165, 1.54) is 12.0 Å². The molecular formula is C17H19NO2. The first-order chi connectivity index (χ1) is 9.83. The Morgan fingerprint density at radius 2 is 2.05 bits per heavy atom. The minimum absolute atomic E-state index is 0.0955. The largest absolute Gasteiger partial charge is 0.461 e. The van der Waals surface area contributed by atoms with E-state index in [0.29, 0.717) is 18.1 Å². The highest BCUT2D eigenvalue weighted by Crippen LogP contribution is 2.26. The van der Waals surface area contributed by atoms with E-state index >= 15 is 0 Å². The number of rotatable bonds is 5. The number of Topliss-reactive ketones (excluding diaryl/α,β-unsaturated/α-hetero) is 1. The molecule has 1 atom stereocenters. The van der Waals surface area contributed by atoms with Crippen molar-refractivity contribution in [3.05, 3.63) is 60.1 Å². The molecule has 3 rings (SSSR count). The number of ketones is 1. The van der Waals surface area contributed by atoms with Gasteiger partial charge in [0.25, 0.3) is 0 Å². The Bertz CT molecular complexity index is 548. The summed E-state index contributed by atoms with van der Waals surface area (Å²) < 4.78 is 5.13. The molecule has 0 unspecified atom stereocenters. The van der Waals surface area contributed by atoms with Crippen LogP contribution in [0.3, 0.4) is 0 Å². The maximum Gasteiger partial charge on any atom is 0.199 e. The lowest BCUT2D eigenvalue weighted by atomic mass is 9.99. The lowest BCUT2D eigenvalue weighted by Gasteiger charge is -2.15. The summed E-state index contributed by atoms with van der Waals surface area (Å²) >= 11 is 0. The topological polar surface area (TPSA) is 33.5 Å². The van der Waals surface area contributed by atoms with Gasteiger partial charge in [0, 0.05) is 19.5 Å². The van der Waals surface area contributed by atoms with Gasteiger partial charge in [-0.1, -0.05) is 30.3 Å². The maximum atomic E-state index is 11.9. The second-order valence-electron chi connectivity index (χ2n) is 5.35. The molecule has 1 aliphatic heterocycles. The summed E-state index contributed by atoms with van der Waals surface area (Å²) in [5, 5.41) is 0. The van der Waals surface area contributed by atoms with Crippen LogP contribution in [-0.4, -0.2) is 30.3 Å². The Kier molecular flexibility index (Phi) is 3.97. The van der Waals surface area contributed by atoms with Gasteiger partial charge in [0.05, 0.1) is 6.26 Å². The smallest absolute Gasteiger partial charge is 0.199 e. The van der Waals surface area contributed by atoms with Gasteiger partial charge < -0.3 is 9.32 Å². The molecule has 3 heteroatoms. The van der Waals surface area contributed by atoms with E-state index in [0.717, 1.165) is 19.6 Å². The van der Waals surface area contributed by atoms with Gasteiger partial charge in [-0.3, -0.25) is 4.79 Å². The number of benzene rings is 1. The number of hydrogen-bond acceptors (Lipinski definition) is 3. The predicted molar refractivity (Wildman–Crippen MR) is 77.9 cm³/mol. The quantitative estimate of drug-likeness (QED) is 0.781. The van der Waals surface area contributed by atoms with Crippen molar-refractivity contribution < 1.29 is 9.21 Å². The Labute approximate surface area is 119 Å². The summed E-state index contributed by atoms with van der Waals surface area (Å²) in [7, 11) is 0. The zero-order chi connectivity index (χ0) is 13.8. The van der Waals surface area contributed by atoms with Crippen molar-refractivity contribution in [2.75, 3.05) is 19.6 Å². The summed E-state index contributed by atoms with van der Waals surface area (Å²) in [5.41, 5.74) is 1.41. The molecule has 0 radical (unpaired) electrons. The highest BCUT2D eigenvalue weighted by Gasteiger charge is 2.24. The van der Waals surface area contributed by atoms with E-state index in [9.17, 15) is 4.79 Å². The van der Waals surface area contributed by atoms with Crippen molar-refractivity contribution in [3.63, 3.8) is 0 Å². The molecule has 3 nitrogen and oxygen atoms in total. The van der Waals surface area contributed by atoms with Crippen molar-refractivity contribution in [1.29, 1.82) is 0 Å². The van der Waals surface area contributed by atoms with E-state index in [1.807, 2.05) is 0 Å². The van der Waals surface area contributed by atoms with E-state index in [-0.39, 0.29) is 5.78 Å². The first-order valence-corrected chi connectivity index (χ1v) is 7.17. The first kappa shape index (κ1) is 13.1. The van der Waals surface area contributed by atoms with E-state index < -0.39 is 0 Å². The van der Waals surface area contributed by atoms with Crippen LogP contribution in [0.1, 0.15) is 34.9 Å². The predicted octanol–water partition coefficient (Wildman–Crippen LogP) is 3.34. The monoisotopic (exact) mass is 269 g/mol. The fourth-order valence-corrected chi connectivity index (χ4v) is 2.85. The second kappa shape index (κ2) is 6.06. The average molecular weight is 269 g/mol. The van der Waals surface area contributed by atoms with E-state index in [1.54, 1.807) is 18.4 Å². The zero-order valence-corrected chi connectivity index (χ0v) is 11.5. The van der Waals surface area contributed by atoms with E-state index in [2.05, 4.69) is 35.2 Å². The van der Waals surface area contributed by atoms with Gasteiger partial charge in [0.1, 0.15) is 0 Å². The molecule has 0 amide bonds. The van der Waals surface area contributed by atoms with Gasteiger partial charge in [-0.15, -0.1) is 0 Å². The summed E-state index contributed by atoms with van der Waals surface area (Å²) in [6.07, 6.45) is 3.27. The fourth-order valence-electron chi connectivity index (χ4n) is 2.85. The molecule has 0 saturated carbocycles. The maximum absolute atomic E-state index is 11.9. The summed E-state index contributed by atoms with van der Waals surface area (Å²) in [6.45, 7) is 2.95. The lowest BCUT2D eigenvalue weighted by Crippen LogP contribution is -2.23. The minimum atomic E-state index is 0.0955. The highest BCUT2D eigenvalue weighted by atomic mass is 16.3. The first-order valence-electron chi connectivity index (χ1n) is 7.17. The van der Waals surface area contributed by atoms with Crippen LogP contribution in [-0.2, 0) is 0 Å². The third-order valence-electron chi connectivity index (χ3n) is 3.99. The van der Waals surface area contributed by atoms with Crippen molar-refractivity contribution in [3.8, 4) is 0 Å². The van der Waals surface area contributed by atoms with Gasteiger partial charge in [0.15, 0.2) is 11.5 Å². The zero-order valence-electron chi connectivity index (χ0n) is 11.5. The molecule has 1 saturated heterocycles. The van der Waals surface area contributed by atoms with Crippen LogP contribution >= 0.6 is 0 Å². The third kappa shape index (κ3) is 2.99. The Morgan fingerprint density at radius 3 is 2.80 bits per heavy atom. The molecule has 1 aliphatic rings. The Balaban J connectivity index is 1.50. The number of furan rings is 1. The van der Waals surface area contributed by atoms with E-state index in [4.69, 9.17) is 4.42 Å². The molecule has 0 aliphatic carbocycles. The van der Waals surface area contributed by atoms with Crippen LogP contribution in [0.25, 0.3) is 0 Å². The number of nitrogens with zero attached hydrogens (tertiary/aromatic N) is 1. The molecule has 2 heterocycles. The molecule has 1 aromatic carbocycles. The molecule has 0 bridgehead atoms. The number of carbonyl (C=O) groups is 1. The summed E-state index contributed by atoms with van der Waals surface area (Å²) in [5.74, 6) is 1.18. The highest BCUT2D eigenvalue weighted by molar-refractivity contribution is 5.93. The lowest BCUT2D eigenvalue weighted by molar-refractivity contribution is 0.0941. The fraction of sp³-hybridized carbons (Fsp3) is 0.353. The molecule has 2 aromatic rings. The Hall–Kier alpha value is -1.87. The van der Waals surface area contributed by atoms with Gasteiger partial charge in [0.2, 0.25) is 0 Å². The minimum Gasteiger partial charge on any atom is -0.461 e. The standard InChI is InChI=1S/C17H19NO2/c19-16(17-7-4-12-20-17)9-11-18-10-8-15(13-18)14-5-2-1-3-6-14/h1-7,12,15H,8-11,13H2/t15-/m1/s1. The van der Waals surface area contributed by atoms with Crippen molar-refractivity contribution in [1.82, 2.24) is 4.90 Å².